The predicted octanol–water partition coefficient (Wildman–Crippen LogP) is 5.33. The van der Waals surface area contributed by atoms with Gasteiger partial charge in [0.05, 0.1) is 42.2 Å². The molecule has 0 radical (unpaired) electrons. The van der Waals surface area contributed by atoms with Crippen LogP contribution in [-0.2, 0) is 27.8 Å². The first-order valence-corrected chi connectivity index (χ1v) is 13.2. The minimum absolute atomic E-state index is 0.0154. The highest BCUT2D eigenvalue weighted by Crippen LogP contribution is 2.39. The maximum absolute atomic E-state index is 14.0. The molecule has 2 heterocycles. The highest BCUT2D eigenvalue weighted by atomic mass is 32.2. The number of rotatable bonds is 9. The molecule has 0 saturated carbocycles. The lowest BCUT2D eigenvalue weighted by atomic mass is 9.90. The Balaban J connectivity index is 1.36. The van der Waals surface area contributed by atoms with Crippen molar-refractivity contribution in [2.45, 2.75) is 42.0 Å². The number of hydrogen-bond donors (Lipinski definition) is 1. The first kappa shape index (κ1) is 29.5. The van der Waals surface area contributed by atoms with E-state index in [0.29, 0.717) is 24.3 Å². The third-order valence-electron chi connectivity index (χ3n) is 6.33. The molecule has 4 rings (SSSR count). The van der Waals surface area contributed by atoms with E-state index in [1.807, 2.05) is 6.07 Å². The Morgan fingerprint density at radius 2 is 1.85 bits per heavy atom. The Bertz CT molecular complexity index is 1370. The van der Waals surface area contributed by atoms with Gasteiger partial charge in [0, 0.05) is 10.8 Å². The molecule has 2 atom stereocenters. The molecule has 0 aliphatic carbocycles. The molecule has 1 aliphatic heterocycles. The number of ether oxygens (including phenoxy) is 2. The zero-order valence-corrected chi connectivity index (χ0v) is 22.1. The number of halogens is 4. The Labute approximate surface area is 232 Å². The van der Waals surface area contributed by atoms with Gasteiger partial charge in [0.25, 0.3) is 0 Å². The fraction of sp³-hybridized carbons (Fsp3) is 0.321. The van der Waals surface area contributed by atoms with Crippen molar-refractivity contribution < 1.29 is 32.1 Å². The van der Waals surface area contributed by atoms with E-state index >= 15 is 0 Å². The molecular weight excluding hydrogens is 548 g/mol. The summed E-state index contributed by atoms with van der Waals surface area (Å²) in [6, 6.07) is 10.6. The molecule has 1 aromatic heterocycles. The summed E-state index contributed by atoms with van der Waals surface area (Å²) < 4.78 is 66.2. The first-order chi connectivity index (χ1) is 19.1. The minimum Gasteiger partial charge on any atom is -0.382 e. The predicted molar refractivity (Wildman–Crippen MR) is 141 cm³/mol. The lowest BCUT2D eigenvalue weighted by Crippen LogP contribution is -2.43. The van der Waals surface area contributed by atoms with Crippen molar-refractivity contribution in [3.05, 3.63) is 101 Å². The van der Waals surface area contributed by atoms with Crippen LogP contribution in [0.5, 0.6) is 0 Å². The molecule has 0 amide bonds. The van der Waals surface area contributed by atoms with Crippen molar-refractivity contribution >= 4 is 17.8 Å². The third-order valence-corrected chi connectivity index (χ3v) is 7.78. The van der Waals surface area contributed by atoms with Crippen LogP contribution in [0.15, 0.2) is 73.3 Å². The Hall–Kier alpha value is -3.50. The molecular formula is C28H26F4N4O3S. The van der Waals surface area contributed by atoms with Gasteiger partial charge in [-0.15, -0.1) is 11.8 Å². The van der Waals surface area contributed by atoms with Crippen LogP contribution in [0.4, 0.5) is 17.6 Å². The molecule has 3 aromatic rings. The Morgan fingerprint density at radius 3 is 2.45 bits per heavy atom. The molecule has 0 bridgehead atoms. The van der Waals surface area contributed by atoms with E-state index < -0.39 is 34.7 Å². The van der Waals surface area contributed by atoms with Crippen molar-refractivity contribution in [1.29, 1.82) is 5.26 Å². The molecule has 210 valence electrons. The van der Waals surface area contributed by atoms with E-state index in [4.69, 9.17) is 14.7 Å². The summed E-state index contributed by atoms with van der Waals surface area (Å²) in [7, 11) is 0. The van der Waals surface area contributed by atoms with Crippen LogP contribution in [0.2, 0.25) is 0 Å². The van der Waals surface area contributed by atoms with Crippen LogP contribution >= 0.6 is 11.8 Å². The van der Waals surface area contributed by atoms with Crippen LogP contribution in [0.25, 0.3) is 6.08 Å². The normalized spacial score (nSPS) is 20.4. The number of aliphatic hydroxyl groups is 1. The molecule has 12 heteroatoms. The molecule has 0 unspecified atom stereocenters. The molecule has 40 heavy (non-hydrogen) atoms. The lowest BCUT2D eigenvalue weighted by molar-refractivity contribution is -0.146. The first-order valence-electron chi connectivity index (χ1n) is 12.2. The third kappa shape index (κ3) is 7.37. The van der Waals surface area contributed by atoms with E-state index in [0.717, 1.165) is 12.1 Å². The zero-order chi connectivity index (χ0) is 28.8. The van der Waals surface area contributed by atoms with E-state index in [1.54, 1.807) is 31.2 Å². The van der Waals surface area contributed by atoms with E-state index in [1.165, 1.54) is 59.4 Å². The van der Waals surface area contributed by atoms with E-state index in [2.05, 4.69) is 10.1 Å². The van der Waals surface area contributed by atoms with Crippen molar-refractivity contribution in [3.8, 4) is 6.07 Å². The van der Waals surface area contributed by atoms with Gasteiger partial charge in [-0.05, 0) is 35.9 Å². The van der Waals surface area contributed by atoms with Crippen LogP contribution in [0, 0.1) is 17.1 Å². The second-order valence-corrected chi connectivity index (χ2v) is 10.8. The van der Waals surface area contributed by atoms with Crippen molar-refractivity contribution in [2.24, 2.45) is 0 Å². The van der Waals surface area contributed by atoms with Crippen LogP contribution in [-0.4, -0.2) is 49.9 Å². The van der Waals surface area contributed by atoms with Gasteiger partial charge in [0.1, 0.15) is 24.1 Å². The maximum atomic E-state index is 14.0. The summed E-state index contributed by atoms with van der Waals surface area (Å²) in [4.78, 5) is 3.89. The maximum Gasteiger partial charge on any atom is 0.416 e. The van der Waals surface area contributed by atoms with Crippen LogP contribution < -0.4 is 0 Å². The number of alkyl halides is 3. The number of benzene rings is 2. The van der Waals surface area contributed by atoms with E-state index in [-0.39, 0.29) is 17.4 Å². The molecule has 0 spiro atoms. The summed E-state index contributed by atoms with van der Waals surface area (Å²) in [6.45, 7) is 2.39. The lowest BCUT2D eigenvalue weighted by Gasteiger charge is -2.37. The molecule has 1 N–H and O–H groups in total. The number of nitriles is 1. The largest absolute Gasteiger partial charge is 0.416 e. The quantitative estimate of drug-likeness (QED) is 0.273. The standard InChI is InChI=1S/C28H26F4N4O3S/c1-19(27(37,16-36-18-34-17-35-36)22-8-10-23(11-9-22)28(30,31)32)40-24-14-38-26(39-15-24)5-3-2-4-21-7-6-20(13-33)12-25(21)29/h2-12,17-19,24,26,37H,14-16H2,1H3/b4-2+,5-3+/t19-,24?,26?,27-/m1/s1. The number of allylic oxidation sites excluding steroid dienone is 2. The van der Waals surface area contributed by atoms with Crippen LogP contribution in [0.1, 0.15) is 29.2 Å². The average molecular weight is 575 g/mol. The Morgan fingerprint density at radius 1 is 1.15 bits per heavy atom. The number of aromatic nitrogens is 3. The second kappa shape index (κ2) is 12.8. The molecule has 2 aromatic carbocycles. The van der Waals surface area contributed by atoms with Gasteiger partial charge < -0.3 is 14.6 Å². The number of hydrogen-bond acceptors (Lipinski definition) is 7. The average Bonchev–Trinajstić information content (AvgIpc) is 3.45. The fourth-order valence-electron chi connectivity index (χ4n) is 4.10. The van der Waals surface area contributed by atoms with Crippen LogP contribution in [0.3, 0.4) is 0 Å². The van der Waals surface area contributed by atoms with Gasteiger partial charge in [-0.3, -0.25) is 0 Å². The molecule has 7 nitrogen and oxygen atoms in total. The van der Waals surface area contributed by atoms with Gasteiger partial charge in [-0.25, -0.2) is 14.1 Å². The van der Waals surface area contributed by atoms with Gasteiger partial charge in [-0.1, -0.05) is 43.4 Å². The van der Waals surface area contributed by atoms with Crippen molar-refractivity contribution in [2.75, 3.05) is 13.2 Å². The van der Waals surface area contributed by atoms with Crippen molar-refractivity contribution in [1.82, 2.24) is 14.8 Å². The molecule has 1 fully saturated rings. The van der Waals surface area contributed by atoms with Crippen molar-refractivity contribution in [3.63, 3.8) is 0 Å². The van der Waals surface area contributed by atoms with Gasteiger partial charge >= 0.3 is 6.18 Å². The minimum atomic E-state index is -4.49. The van der Waals surface area contributed by atoms with E-state index in [9.17, 15) is 22.7 Å². The SMILES string of the molecule is C[C@@H](SC1COC(/C=C/C=C/c2ccc(C#N)cc2F)OC1)[C@](O)(Cn1cncn1)c1ccc(C(F)(F)F)cc1. The smallest absolute Gasteiger partial charge is 0.382 e. The Kier molecular flexibility index (Phi) is 9.42. The highest BCUT2D eigenvalue weighted by Gasteiger charge is 2.40. The summed E-state index contributed by atoms with van der Waals surface area (Å²) in [6.07, 6.45) is 4.18. The summed E-state index contributed by atoms with van der Waals surface area (Å²) >= 11 is 1.40. The number of thioether (sulfide) groups is 1. The number of nitrogens with zero attached hydrogens (tertiary/aromatic N) is 4. The monoisotopic (exact) mass is 574 g/mol. The van der Waals surface area contributed by atoms with Gasteiger partial charge in [0.2, 0.25) is 0 Å². The second-order valence-electron chi connectivity index (χ2n) is 9.12. The zero-order valence-electron chi connectivity index (χ0n) is 21.3. The summed E-state index contributed by atoms with van der Waals surface area (Å²) in [5.74, 6) is -0.497. The molecule has 1 saturated heterocycles. The van der Waals surface area contributed by atoms with Gasteiger partial charge in [0.15, 0.2) is 6.29 Å². The molecule has 1 aliphatic rings. The topological polar surface area (TPSA) is 93.2 Å². The summed E-state index contributed by atoms with van der Waals surface area (Å²) in [5.41, 5.74) is -1.46. The fourth-order valence-corrected chi connectivity index (χ4v) is 5.43. The highest BCUT2D eigenvalue weighted by molar-refractivity contribution is 8.00. The van der Waals surface area contributed by atoms with Gasteiger partial charge in [-0.2, -0.15) is 23.5 Å². The summed E-state index contributed by atoms with van der Waals surface area (Å²) in [5, 5.41) is 24.0.